The zero-order valence-corrected chi connectivity index (χ0v) is 14.0. The third-order valence-electron chi connectivity index (χ3n) is 3.84. The predicted molar refractivity (Wildman–Crippen MR) is 79.0 cm³/mol. The van der Waals surface area contributed by atoms with Crippen LogP contribution in [0.5, 0.6) is 0 Å². The Morgan fingerprint density at radius 1 is 1.40 bits per heavy atom. The molecule has 0 atom stereocenters. The van der Waals surface area contributed by atoms with E-state index in [0.29, 0.717) is 24.4 Å². The molecule has 0 saturated heterocycles. The predicted octanol–water partition coefficient (Wildman–Crippen LogP) is 2.28. The SMILES string of the molecule is CC(C)(C)[Si](C)(C)OCc1nn[nH]c1C(=O)CCCO. The highest BCUT2D eigenvalue weighted by atomic mass is 28.4. The summed E-state index contributed by atoms with van der Waals surface area (Å²) in [6.45, 7) is 11.1. The summed E-state index contributed by atoms with van der Waals surface area (Å²) in [4.78, 5) is 11.9. The van der Waals surface area contributed by atoms with Gasteiger partial charge >= 0.3 is 0 Å². The minimum atomic E-state index is -1.88. The second-order valence-corrected chi connectivity index (χ2v) is 11.2. The number of hydrogen-bond donors (Lipinski definition) is 2. The molecular weight excluding hydrogens is 274 g/mol. The number of Topliss-reactive ketones (excluding diaryl/α,β-unsaturated/α-hetero) is 1. The molecule has 7 heteroatoms. The molecule has 20 heavy (non-hydrogen) atoms. The van der Waals surface area contributed by atoms with Crippen LogP contribution in [0.3, 0.4) is 0 Å². The Labute approximate surface area is 121 Å². The Bertz CT molecular complexity index is 452. The van der Waals surface area contributed by atoms with Gasteiger partial charge in [-0.2, -0.15) is 0 Å². The monoisotopic (exact) mass is 299 g/mol. The van der Waals surface area contributed by atoms with Gasteiger partial charge in [0.25, 0.3) is 0 Å². The summed E-state index contributed by atoms with van der Waals surface area (Å²) in [5.74, 6) is -0.0853. The van der Waals surface area contributed by atoms with Crippen LogP contribution in [0.25, 0.3) is 0 Å². The van der Waals surface area contributed by atoms with Crippen LogP contribution >= 0.6 is 0 Å². The fourth-order valence-corrected chi connectivity index (χ4v) is 2.33. The van der Waals surface area contributed by atoms with E-state index in [9.17, 15) is 4.79 Å². The molecular formula is C13H25N3O3Si. The summed E-state index contributed by atoms with van der Waals surface area (Å²) < 4.78 is 6.05. The van der Waals surface area contributed by atoms with Crippen LogP contribution < -0.4 is 0 Å². The molecule has 0 bridgehead atoms. The third-order valence-corrected chi connectivity index (χ3v) is 8.32. The molecule has 0 aromatic carbocycles. The normalized spacial score (nSPS) is 12.7. The number of aliphatic hydroxyl groups excluding tert-OH is 1. The van der Waals surface area contributed by atoms with Gasteiger partial charge in [-0.05, 0) is 24.6 Å². The number of carbonyl (C=O) groups excluding carboxylic acids is 1. The molecule has 0 aliphatic heterocycles. The van der Waals surface area contributed by atoms with Crippen molar-refractivity contribution in [1.82, 2.24) is 15.4 Å². The maximum absolute atomic E-state index is 11.9. The number of H-pyrrole nitrogens is 1. The molecule has 1 aromatic heterocycles. The highest BCUT2D eigenvalue weighted by Crippen LogP contribution is 2.37. The van der Waals surface area contributed by atoms with E-state index in [1.807, 2.05) is 0 Å². The van der Waals surface area contributed by atoms with Gasteiger partial charge in [-0.15, -0.1) is 5.10 Å². The first-order valence-electron chi connectivity index (χ1n) is 6.87. The van der Waals surface area contributed by atoms with Crippen LogP contribution in [0, 0.1) is 0 Å². The van der Waals surface area contributed by atoms with Crippen molar-refractivity contribution in [2.24, 2.45) is 0 Å². The molecule has 0 unspecified atom stereocenters. The zero-order chi connectivity index (χ0) is 15.4. The Morgan fingerprint density at radius 2 is 2.05 bits per heavy atom. The van der Waals surface area contributed by atoms with Crippen LogP contribution in [0.4, 0.5) is 0 Å². The number of rotatable bonds is 7. The summed E-state index contributed by atoms with van der Waals surface area (Å²) in [6.07, 6.45) is 0.730. The van der Waals surface area contributed by atoms with Gasteiger partial charge in [0.05, 0.1) is 6.61 Å². The molecule has 114 valence electrons. The topological polar surface area (TPSA) is 88.1 Å². The molecule has 2 N–H and O–H groups in total. The van der Waals surface area contributed by atoms with E-state index >= 15 is 0 Å². The van der Waals surface area contributed by atoms with Gasteiger partial charge in [-0.25, -0.2) is 0 Å². The minimum Gasteiger partial charge on any atom is -0.411 e. The lowest BCUT2D eigenvalue weighted by molar-refractivity contribution is 0.0963. The van der Waals surface area contributed by atoms with Crippen LogP contribution in [0.15, 0.2) is 0 Å². The van der Waals surface area contributed by atoms with Crippen molar-refractivity contribution < 1.29 is 14.3 Å². The smallest absolute Gasteiger partial charge is 0.192 e. The first-order valence-corrected chi connectivity index (χ1v) is 9.78. The van der Waals surface area contributed by atoms with Gasteiger partial charge in [-0.1, -0.05) is 26.0 Å². The minimum absolute atomic E-state index is 0.00308. The van der Waals surface area contributed by atoms with E-state index in [1.54, 1.807) is 0 Å². The number of carbonyl (C=O) groups is 1. The second-order valence-electron chi connectivity index (χ2n) is 6.43. The van der Waals surface area contributed by atoms with Crippen molar-refractivity contribution >= 4 is 14.1 Å². The molecule has 0 aliphatic rings. The number of aliphatic hydroxyl groups is 1. The third kappa shape index (κ3) is 4.22. The summed E-state index contributed by atoms with van der Waals surface area (Å²) in [5, 5.41) is 19.1. The Hall–Kier alpha value is -1.05. The molecule has 0 spiro atoms. The van der Waals surface area contributed by atoms with Gasteiger partial charge in [0.2, 0.25) is 0 Å². The number of ketones is 1. The quantitative estimate of drug-likeness (QED) is 0.595. The first-order chi connectivity index (χ1) is 9.19. The summed E-state index contributed by atoms with van der Waals surface area (Å²) in [6, 6.07) is 0. The number of nitrogens with zero attached hydrogens (tertiary/aromatic N) is 2. The lowest BCUT2D eigenvalue weighted by atomic mass is 10.1. The van der Waals surface area contributed by atoms with Crippen molar-refractivity contribution in [3.8, 4) is 0 Å². The summed E-state index contributed by atoms with van der Waals surface area (Å²) in [7, 11) is -1.88. The molecule has 0 fully saturated rings. The maximum Gasteiger partial charge on any atom is 0.192 e. The van der Waals surface area contributed by atoms with Gasteiger partial charge < -0.3 is 9.53 Å². The lowest BCUT2D eigenvalue weighted by Crippen LogP contribution is -2.40. The Morgan fingerprint density at radius 3 is 2.60 bits per heavy atom. The molecule has 1 aromatic rings. The standard InChI is InChI=1S/C13H25N3O3Si/c1-13(2,3)20(4,5)19-9-10-12(15-16-14-10)11(18)7-6-8-17/h17H,6-9H2,1-5H3,(H,14,15,16). The van der Waals surface area contributed by atoms with Crippen molar-refractivity contribution in [2.75, 3.05) is 6.61 Å². The van der Waals surface area contributed by atoms with Crippen LogP contribution in [0.1, 0.15) is 49.8 Å². The number of hydrogen-bond acceptors (Lipinski definition) is 5. The van der Waals surface area contributed by atoms with Crippen molar-refractivity contribution in [2.45, 2.75) is 58.4 Å². The highest BCUT2D eigenvalue weighted by molar-refractivity contribution is 6.74. The van der Waals surface area contributed by atoms with Crippen molar-refractivity contribution in [1.29, 1.82) is 0 Å². The Balaban J connectivity index is 2.71. The molecule has 0 radical (unpaired) electrons. The number of aromatic amines is 1. The molecule has 0 saturated carbocycles. The van der Waals surface area contributed by atoms with Gasteiger partial charge in [0.1, 0.15) is 11.4 Å². The van der Waals surface area contributed by atoms with Gasteiger partial charge in [0.15, 0.2) is 14.1 Å². The number of aromatic nitrogens is 3. The fourth-order valence-electron chi connectivity index (χ4n) is 1.40. The average Bonchev–Trinajstić information content (AvgIpc) is 2.80. The van der Waals surface area contributed by atoms with E-state index in [0.717, 1.165) is 0 Å². The first kappa shape index (κ1) is 17.0. The van der Waals surface area contributed by atoms with Gasteiger partial charge in [0, 0.05) is 13.0 Å². The van der Waals surface area contributed by atoms with E-state index in [2.05, 4.69) is 49.3 Å². The molecule has 1 rings (SSSR count). The fraction of sp³-hybridized carbons (Fsp3) is 0.769. The van der Waals surface area contributed by atoms with E-state index < -0.39 is 8.32 Å². The van der Waals surface area contributed by atoms with Crippen LogP contribution in [-0.2, 0) is 11.0 Å². The molecule has 0 aliphatic carbocycles. The van der Waals surface area contributed by atoms with Crippen molar-refractivity contribution in [3.63, 3.8) is 0 Å². The zero-order valence-electron chi connectivity index (χ0n) is 13.0. The number of nitrogens with one attached hydrogen (secondary N) is 1. The summed E-state index contributed by atoms with van der Waals surface area (Å²) >= 11 is 0. The average molecular weight is 299 g/mol. The maximum atomic E-state index is 11.9. The Kier molecular flexibility index (Phi) is 5.61. The van der Waals surface area contributed by atoms with Crippen LogP contribution in [0.2, 0.25) is 18.1 Å². The van der Waals surface area contributed by atoms with E-state index in [1.165, 1.54) is 0 Å². The summed E-state index contributed by atoms with van der Waals surface area (Å²) in [5.41, 5.74) is 0.954. The van der Waals surface area contributed by atoms with Crippen LogP contribution in [-0.4, -0.2) is 41.2 Å². The largest absolute Gasteiger partial charge is 0.411 e. The second kappa shape index (κ2) is 6.60. The molecule has 6 nitrogen and oxygen atoms in total. The molecule has 1 heterocycles. The van der Waals surface area contributed by atoms with E-state index in [-0.39, 0.29) is 23.8 Å². The van der Waals surface area contributed by atoms with Crippen molar-refractivity contribution in [3.05, 3.63) is 11.4 Å². The lowest BCUT2D eigenvalue weighted by Gasteiger charge is -2.35. The van der Waals surface area contributed by atoms with Gasteiger partial charge in [-0.3, -0.25) is 9.89 Å². The molecule has 0 amide bonds. The van der Waals surface area contributed by atoms with E-state index in [4.69, 9.17) is 9.53 Å². The highest BCUT2D eigenvalue weighted by Gasteiger charge is 2.37.